The molecule has 0 aromatic carbocycles. The van der Waals surface area contributed by atoms with Gasteiger partial charge in [0, 0.05) is 31.6 Å². The molecule has 3 atom stereocenters. The average molecular weight is 282 g/mol. The van der Waals surface area contributed by atoms with Crippen LogP contribution >= 0.6 is 11.3 Å². The first-order chi connectivity index (χ1) is 9.08. The lowest BCUT2D eigenvalue weighted by Gasteiger charge is -2.19. The second-order valence-electron chi connectivity index (χ2n) is 5.20. The van der Waals surface area contributed by atoms with Crippen molar-refractivity contribution in [1.29, 1.82) is 0 Å². The van der Waals surface area contributed by atoms with Gasteiger partial charge in [0.15, 0.2) is 0 Å². The maximum atomic E-state index is 11.8. The number of amides is 1. The van der Waals surface area contributed by atoms with E-state index in [1.807, 2.05) is 0 Å². The molecule has 1 fully saturated rings. The van der Waals surface area contributed by atoms with E-state index in [0.29, 0.717) is 6.04 Å². The van der Waals surface area contributed by atoms with E-state index >= 15 is 0 Å². The molecule has 3 unspecified atom stereocenters. The number of ether oxygens (including phenoxy) is 1. The van der Waals surface area contributed by atoms with E-state index in [9.17, 15) is 4.79 Å². The van der Waals surface area contributed by atoms with Gasteiger partial charge in [0.25, 0.3) is 5.91 Å². The Morgan fingerprint density at radius 3 is 3.00 bits per heavy atom. The smallest absolute Gasteiger partial charge is 0.251 e. The number of nitrogens with zero attached hydrogens (tertiary/aromatic N) is 1. The molecule has 2 heterocycles. The number of carbonyl (C=O) groups is 1. The molecule has 106 valence electrons. The molecule has 0 spiro atoms. The Hall–Kier alpha value is -0.910. The van der Waals surface area contributed by atoms with Crippen molar-refractivity contribution in [1.82, 2.24) is 10.2 Å². The standard InChI is InChI=1S/C14H22N2O2S/c1-10(13-5-4-8-19-13)15-9-11-6-7-12(18-11)14(17)16(2)3/h4-5,8,10-12,15H,6-7,9H2,1-3H3. The van der Waals surface area contributed by atoms with Gasteiger partial charge in [0.2, 0.25) is 0 Å². The molecule has 1 N–H and O–H groups in total. The number of hydrogen-bond donors (Lipinski definition) is 1. The lowest BCUT2D eigenvalue weighted by Crippen LogP contribution is -2.35. The van der Waals surface area contributed by atoms with E-state index in [4.69, 9.17) is 4.74 Å². The van der Waals surface area contributed by atoms with Crippen molar-refractivity contribution in [2.24, 2.45) is 0 Å². The zero-order chi connectivity index (χ0) is 13.8. The first kappa shape index (κ1) is 14.5. The third-order valence-electron chi connectivity index (χ3n) is 3.45. The topological polar surface area (TPSA) is 41.6 Å². The van der Waals surface area contributed by atoms with E-state index in [-0.39, 0.29) is 18.1 Å². The van der Waals surface area contributed by atoms with Crippen LogP contribution in [0.25, 0.3) is 0 Å². The monoisotopic (exact) mass is 282 g/mol. The molecule has 1 aliphatic heterocycles. The molecule has 19 heavy (non-hydrogen) atoms. The Morgan fingerprint density at radius 2 is 2.37 bits per heavy atom. The Bertz CT molecular complexity index is 406. The highest BCUT2D eigenvalue weighted by atomic mass is 32.1. The molecular formula is C14H22N2O2S. The van der Waals surface area contributed by atoms with Gasteiger partial charge in [-0.3, -0.25) is 4.79 Å². The average Bonchev–Trinajstić information content (AvgIpc) is 3.06. The molecule has 1 saturated heterocycles. The highest BCUT2D eigenvalue weighted by Gasteiger charge is 2.31. The van der Waals surface area contributed by atoms with Crippen LogP contribution in [0.1, 0.15) is 30.7 Å². The minimum absolute atomic E-state index is 0.0776. The fourth-order valence-corrected chi connectivity index (χ4v) is 3.03. The predicted octanol–water partition coefficient (Wildman–Crippen LogP) is 2.03. The lowest BCUT2D eigenvalue weighted by molar-refractivity contribution is -0.140. The molecule has 1 aromatic heterocycles. The number of likely N-dealkylation sites (N-methyl/N-ethyl adjacent to an activating group) is 1. The summed E-state index contributed by atoms with van der Waals surface area (Å²) in [4.78, 5) is 14.7. The fourth-order valence-electron chi connectivity index (χ4n) is 2.27. The van der Waals surface area contributed by atoms with Gasteiger partial charge in [-0.05, 0) is 31.2 Å². The molecule has 0 bridgehead atoms. The summed E-state index contributed by atoms with van der Waals surface area (Å²) in [6.45, 7) is 2.96. The molecule has 1 aliphatic rings. The maximum Gasteiger partial charge on any atom is 0.251 e. The Balaban J connectivity index is 1.75. The highest BCUT2D eigenvalue weighted by Crippen LogP contribution is 2.22. The zero-order valence-electron chi connectivity index (χ0n) is 11.8. The SMILES string of the molecule is CC(NCC1CCC(C(=O)N(C)C)O1)c1cccs1. The summed E-state index contributed by atoms with van der Waals surface area (Å²) in [6.07, 6.45) is 1.68. The van der Waals surface area contributed by atoms with Crippen LogP contribution in [0.3, 0.4) is 0 Å². The minimum Gasteiger partial charge on any atom is -0.364 e. The Kier molecular flexibility index (Phi) is 4.96. The predicted molar refractivity (Wildman–Crippen MR) is 77.3 cm³/mol. The van der Waals surface area contributed by atoms with Crippen LogP contribution in [0.5, 0.6) is 0 Å². The van der Waals surface area contributed by atoms with Crippen LogP contribution < -0.4 is 5.32 Å². The van der Waals surface area contributed by atoms with Crippen LogP contribution in [0.4, 0.5) is 0 Å². The first-order valence-corrected chi connectivity index (χ1v) is 7.59. The molecule has 1 amide bonds. The highest BCUT2D eigenvalue weighted by molar-refractivity contribution is 7.10. The molecule has 4 nitrogen and oxygen atoms in total. The zero-order valence-corrected chi connectivity index (χ0v) is 12.6. The number of rotatable bonds is 5. The summed E-state index contributed by atoms with van der Waals surface area (Å²) >= 11 is 1.76. The second-order valence-corrected chi connectivity index (χ2v) is 6.18. The van der Waals surface area contributed by atoms with Gasteiger partial charge in [0.05, 0.1) is 6.10 Å². The van der Waals surface area contributed by atoms with Gasteiger partial charge >= 0.3 is 0 Å². The van der Waals surface area contributed by atoms with E-state index in [0.717, 1.165) is 19.4 Å². The molecule has 0 radical (unpaired) electrons. The lowest BCUT2D eigenvalue weighted by atomic mass is 10.1. The summed E-state index contributed by atoms with van der Waals surface area (Å²) in [5, 5.41) is 5.56. The van der Waals surface area contributed by atoms with Gasteiger partial charge in [-0.2, -0.15) is 0 Å². The second kappa shape index (κ2) is 6.50. The molecule has 0 aliphatic carbocycles. The van der Waals surface area contributed by atoms with Gasteiger partial charge in [-0.1, -0.05) is 6.07 Å². The molecular weight excluding hydrogens is 260 g/mol. The van der Waals surface area contributed by atoms with Crippen molar-refractivity contribution in [3.63, 3.8) is 0 Å². The fraction of sp³-hybridized carbons (Fsp3) is 0.643. The number of nitrogens with one attached hydrogen (secondary N) is 1. The Morgan fingerprint density at radius 1 is 1.58 bits per heavy atom. The third-order valence-corrected chi connectivity index (χ3v) is 4.50. The van der Waals surface area contributed by atoms with Crippen molar-refractivity contribution in [3.8, 4) is 0 Å². The van der Waals surface area contributed by atoms with Gasteiger partial charge in [-0.25, -0.2) is 0 Å². The van der Waals surface area contributed by atoms with Gasteiger partial charge < -0.3 is 15.0 Å². The first-order valence-electron chi connectivity index (χ1n) is 6.71. The van der Waals surface area contributed by atoms with Crippen molar-refractivity contribution in [3.05, 3.63) is 22.4 Å². The van der Waals surface area contributed by atoms with E-state index < -0.39 is 0 Å². The molecule has 5 heteroatoms. The van der Waals surface area contributed by atoms with E-state index in [1.54, 1.807) is 30.3 Å². The van der Waals surface area contributed by atoms with Gasteiger partial charge in [0.1, 0.15) is 6.10 Å². The van der Waals surface area contributed by atoms with Gasteiger partial charge in [-0.15, -0.1) is 11.3 Å². The van der Waals surface area contributed by atoms with Crippen molar-refractivity contribution in [2.45, 2.75) is 38.0 Å². The van der Waals surface area contributed by atoms with Crippen molar-refractivity contribution in [2.75, 3.05) is 20.6 Å². The van der Waals surface area contributed by atoms with Crippen molar-refractivity contribution >= 4 is 17.2 Å². The molecule has 2 rings (SSSR count). The molecule has 0 saturated carbocycles. The third kappa shape index (κ3) is 3.78. The normalized spacial score (nSPS) is 24.4. The number of carbonyl (C=O) groups excluding carboxylic acids is 1. The number of thiophene rings is 1. The van der Waals surface area contributed by atoms with Crippen LogP contribution in [0.2, 0.25) is 0 Å². The summed E-state index contributed by atoms with van der Waals surface area (Å²) in [6, 6.07) is 4.54. The van der Waals surface area contributed by atoms with Crippen LogP contribution in [0.15, 0.2) is 17.5 Å². The van der Waals surface area contributed by atoms with Crippen molar-refractivity contribution < 1.29 is 9.53 Å². The summed E-state index contributed by atoms with van der Waals surface area (Å²) in [7, 11) is 3.55. The quantitative estimate of drug-likeness (QED) is 0.898. The van der Waals surface area contributed by atoms with Crippen LogP contribution in [0, 0.1) is 0 Å². The van der Waals surface area contributed by atoms with Crippen LogP contribution in [-0.4, -0.2) is 43.7 Å². The minimum atomic E-state index is -0.251. The Labute approximate surface area is 118 Å². The number of hydrogen-bond acceptors (Lipinski definition) is 4. The largest absolute Gasteiger partial charge is 0.364 e. The summed E-state index contributed by atoms with van der Waals surface area (Å²) in [5.74, 6) is 0.0776. The van der Waals surface area contributed by atoms with E-state index in [1.165, 1.54) is 4.88 Å². The maximum absolute atomic E-state index is 11.8. The van der Waals surface area contributed by atoms with Crippen LogP contribution in [-0.2, 0) is 9.53 Å². The van der Waals surface area contributed by atoms with E-state index in [2.05, 4.69) is 29.8 Å². The summed E-state index contributed by atoms with van der Waals surface area (Å²) < 4.78 is 5.80. The summed E-state index contributed by atoms with van der Waals surface area (Å²) in [5.41, 5.74) is 0. The molecule has 1 aromatic rings.